The molecule has 0 spiro atoms. The molecule has 7 heteroatoms. The number of aromatic nitrogens is 1. The van der Waals surface area contributed by atoms with Gasteiger partial charge in [0.05, 0.1) is 5.00 Å². The van der Waals surface area contributed by atoms with Gasteiger partial charge in [-0.05, 0) is 48.1 Å². The zero-order valence-corrected chi connectivity index (χ0v) is 19.6. The van der Waals surface area contributed by atoms with E-state index in [1.165, 1.54) is 27.0 Å². The van der Waals surface area contributed by atoms with Gasteiger partial charge in [0, 0.05) is 56.9 Å². The van der Waals surface area contributed by atoms with E-state index in [0.717, 1.165) is 45.1 Å². The van der Waals surface area contributed by atoms with Crippen LogP contribution in [0.2, 0.25) is 0 Å². The van der Waals surface area contributed by atoms with Gasteiger partial charge in [-0.25, -0.2) is 0 Å². The first-order valence-corrected chi connectivity index (χ1v) is 10.4. The maximum absolute atomic E-state index is 4.50. The van der Waals surface area contributed by atoms with Crippen LogP contribution < -0.4 is 10.2 Å². The topological polar surface area (TPSA) is 46.7 Å². The summed E-state index contributed by atoms with van der Waals surface area (Å²) >= 11 is 1.82. The summed E-state index contributed by atoms with van der Waals surface area (Å²) in [5, 5.41) is 8.39. The highest BCUT2D eigenvalue weighted by atomic mass is 127. The van der Waals surface area contributed by atoms with Gasteiger partial charge in [0.25, 0.3) is 0 Å². The maximum atomic E-state index is 4.50. The molecular formula is C21H28IN5S. The van der Waals surface area contributed by atoms with E-state index >= 15 is 0 Å². The van der Waals surface area contributed by atoms with Crippen LogP contribution in [0.3, 0.4) is 0 Å². The summed E-state index contributed by atoms with van der Waals surface area (Å²) in [6.07, 6.45) is 3.12. The second-order valence-electron chi connectivity index (χ2n) is 7.01. The number of piperazine rings is 1. The molecule has 150 valence electrons. The number of aliphatic imine (C=N–C) groups is 1. The number of H-pyrrole nitrogens is 1. The van der Waals surface area contributed by atoms with E-state index in [9.17, 15) is 0 Å². The number of aromatic amines is 1. The Bertz CT molecular complexity index is 910. The standard InChI is InChI=1S/C21H27N5S.HI/c1-16-5-6-18-17(15-24-19(18)14-16)7-8-23-21(22-2)26-11-9-25(10-12-26)20-4-3-13-27-20;/h3-6,13-15,24H,7-12H2,1-2H3,(H,22,23);1H. The van der Waals surface area contributed by atoms with Crippen LogP contribution >= 0.6 is 35.3 Å². The number of nitrogens with zero attached hydrogens (tertiary/aromatic N) is 3. The normalized spacial score (nSPS) is 15.0. The van der Waals surface area contributed by atoms with Crippen molar-refractivity contribution < 1.29 is 0 Å². The first-order chi connectivity index (χ1) is 13.2. The van der Waals surface area contributed by atoms with E-state index in [2.05, 4.69) is 73.9 Å². The minimum atomic E-state index is 0. The molecule has 0 atom stereocenters. The highest BCUT2D eigenvalue weighted by molar-refractivity contribution is 14.0. The predicted octanol–water partition coefficient (Wildman–Crippen LogP) is 4.10. The van der Waals surface area contributed by atoms with Crippen LogP contribution in [0, 0.1) is 6.92 Å². The largest absolute Gasteiger partial charge is 0.361 e. The Kier molecular flexibility index (Phi) is 7.23. The molecule has 1 aliphatic rings. The van der Waals surface area contributed by atoms with E-state index < -0.39 is 0 Å². The number of hydrogen-bond donors (Lipinski definition) is 2. The highest BCUT2D eigenvalue weighted by Gasteiger charge is 2.20. The van der Waals surface area contributed by atoms with Gasteiger partial charge in [-0.1, -0.05) is 12.1 Å². The number of rotatable bonds is 4. The van der Waals surface area contributed by atoms with Crippen molar-refractivity contribution >= 4 is 57.2 Å². The average molecular weight is 509 g/mol. The number of aryl methyl sites for hydroxylation is 1. The SMILES string of the molecule is CN=C(NCCc1c[nH]c2cc(C)ccc12)N1CCN(c2cccs2)CC1.I. The van der Waals surface area contributed by atoms with Crippen LogP contribution in [0.15, 0.2) is 46.9 Å². The van der Waals surface area contributed by atoms with E-state index in [0.29, 0.717) is 0 Å². The third-order valence-corrected chi connectivity index (χ3v) is 6.14. The molecule has 2 aromatic heterocycles. The van der Waals surface area contributed by atoms with Crippen molar-refractivity contribution in [1.82, 2.24) is 15.2 Å². The number of anilines is 1. The molecule has 0 amide bonds. The zero-order valence-electron chi connectivity index (χ0n) is 16.4. The quantitative estimate of drug-likeness (QED) is 0.317. The Labute approximate surface area is 187 Å². The average Bonchev–Trinajstić information content (AvgIpc) is 3.35. The number of thiophene rings is 1. The lowest BCUT2D eigenvalue weighted by Crippen LogP contribution is -2.52. The van der Waals surface area contributed by atoms with Crippen molar-refractivity contribution in [2.45, 2.75) is 13.3 Å². The summed E-state index contributed by atoms with van der Waals surface area (Å²) in [7, 11) is 1.88. The van der Waals surface area contributed by atoms with Crippen molar-refractivity contribution in [3.63, 3.8) is 0 Å². The summed E-state index contributed by atoms with van der Waals surface area (Å²) < 4.78 is 0. The fourth-order valence-electron chi connectivity index (χ4n) is 3.74. The van der Waals surface area contributed by atoms with Crippen molar-refractivity contribution in [1.29, 1.82) is 0 Å². The molecule has 28 heavy (non-hydrogen) atoms. The maximum Gasteiger partial charge on any atom is 0.193 e. The molecule has 0 bridgehead atoms. The van der Waals surface area contributed by atoms with Crippen molar-refractivity contribution in [2.75, 3.05) is 44.7 Å². The molecule has 0 saturated carbocycles. The lowest BCUT2D eigenvalue weighted by Gasteiger charge is -2.37. The van der Waals surface area contributed by atoms with Gasteiger partial charge < -0.3 is 20.1 Å². The molecule has 1 aliphatic heterocycles. The molecule has 2 N–H and O–H groups in total. The zero-order chi connectivity index (χ0) is 18.6. The van der Waals surface area contributed by atoms with Crippen LogP contribution in [0.4, 0.5) is 5.00 Å². The van der Waals surface area contributed by atoms with Gasteiger partial charge in [0.2, 0.25) is 0 Å². The summed E-state index contributed by atoms with van der Waals surface area (Å²) in [5.74, 6) is 1.01. The van der Waals surface area contributed by atoms with Gasteiger partial charge in [-0.2, -0.15) is 0 Å². The fraction of sp³-hybridized carbons (Fsp3) is 0.381. The third-order valence-electron chi connectivity index (χ3n) is 5.21. The van der Waals surface area contributed by atoms with Crippen molar-refractivity contribution in [3.8, 4) is 0 Å². The molecule has 1 saturated heterocycles. The molecule has 3 aromatic rings. The summed E-state index contributed by atoms with van der Waals surface area (Å²) in [6.45, 7) is 7.11. The Balaban J connectivity index is 0.00000225. The van der Waals surface area contributed by atoms with Gasteiger partial charge in [-0.3, -0.25) is 4.99 Å². The Morgan fingerprint density at radius 2 is 2.04 bits per heavy atom. The fourth-order valence-corrected chi connectivity index (χ4v) is 4.52. The summed E-state index contributed by atoms with van der Waals surface area (Å²) in [4.78, 5) is 12.7. The molecule has 4 rings (SSSR count). The molecule has 1 aromatic carbocycles. The minimum Gasteiger partial charge on any atom is -0.361 e. The summed E-state index contributed by atoms with van der Waals surface area (Å²) in [5.41, 5.74) is 3.87. The first-order valence-electron chi connectivity index (χ1n) is 9.55. The van der Waals surface area contributed by atoms with Crippen molar-refractivity contribution in [2.24, 2.45) is 4.99 Å². The number of fused-ring (bicyclic) bond motifs is 1. The van der Waals surface area contributed by atoms with Crippen LogP contribution in [0.5, 0.6) is 0 Å². The lowest BCUT2D eigenvalue weighted by molar-refractivity contribution is 0.374. The number of benzene rings is 1. The van der Waals surface area contributed by atoms with Crippen LogP contribution in [0.1, 0.15) is 11.1 Å². The van der Waals surface area contributed by atoms with Crippen LogP contribution in [-0.4, -0.2) is 55.6 Å². The van der Waals surface area contributed by atoms with Crippen LogP contribution in [0.25, 0.3) is 10.9 Å². The number of guanidine groups is 1. The molecule has 0 unspecified atom stereocenters. The van der Waals surface area contributed by atoms with E-state index in [-0.39, 0.29) is 24.0 Å². The second-order valence-corrected chi connectivity index (χ2v) is 7.94. The lowest BCUT2D eigenvalue weighted by atomic mass is 10.1. The van der Waals surface area contributed by atoms with Gasteiger partial charge in [0.1, 0.15) is 0 Å². The summed E-state index contributed by atoms with van der Waals surface area (Å²) in [6, 6.07) is 10.9. The number of nitrogens with one attached hydrogen (secondary N) is 2. The van der Waals surface area contributed by atoms with Gasteiger partial charge >= 0.3 is 0 Å². The highest BCUT2D eigenvalue weighted by Crippen LogP contribution is 2.22. The van der Waals surface area contributed by atoms with Gasteiger partial charge in [-0.15, -0.1) is 35.3 Å². The number of halogens is 1. The molecule has 0 aliphatic carbocycles. The number of hydrogen-bond acceptors (Lipinski definition) is 3. The Hall–Kier alpha value is -1.74. The minimum absolute atomic E-state index is 0. The third kappa shape index (κ3) is 4.63. The predicted molar refractivity (Wildman–Crippen MR) is 132 cm³/mol. The van der Waals surface area contributed by atoms with Gasteiger partial charge in [0.15, 0.2) is 5.96 Å². The van der Waals surface area contributed by atoms with Crippen molar-refractivity contribution in [3.05, 3.63) is 53.0 Å². The van der Waals surface area contributed by atoms with Crippen LogP contribution in [-0.2, 0) is 6.42 Å². The molecular weight excluding hydrogens is 481 g/mol. The molecule has 0 radical (unpaired) electrons. The Morgan fingerprint density at radius 3 is 2.75 bits per heavy atom. The smallest absolute Gasteiger partial charge is 0.193 e. The molecule has 1 fully saturated rings. The Morgan fingerprint density at radius 1 is 1.21 bits per heavy atom. The monoisotopic (exact) mass is 509 g/mol. The van der Waals surface area contributed by atoms with E-state index in [4.69, 9.17) is 0 Å². The molecule has 3 heterocycles. The second kappa shape index (κ2) is 9.65. The first kappa shape index (κ1) is 21.0. The molecule has 5 nitrogen and oxygen atoms in total. The van der Waals surface area contributed by atoms with E-state index in [1.807, 2.05) is 18.4 Å². The van der Waals surface area contributed by atoms with E-state index in [1.54, 1.807) is 0 Å².